The number of unbranched alkanes of at least 4 members (excludes halogenated alkanes) is 1. The summed E-state index contributed by atoms with van der Waals surface area (Å²) >= 11 is 0. The van der Waals surface area contributed by atoms with Crippen molar-refractivity contribution < 1.29 is 61.5 Å². The van der Waals surface area contributed by atoms with E-state index in [1.54, 1.807) is 0 Å². The Kier molecular flexibility index (Phi) is 42.6. The van der Waals surface area contributed by atoms with Crippen LogP contribution in [-0.4, -0.2) is 12.6 Å². The number of aliphatic hydroxyl groups excluding tert-OH is 1. The van der Waals surface area contributed by atoms with Crippen LogP contribution in [0.25, 0.3) is 0 Å². The van der Waals surface area contributed by atoms with Crippen LogP contribution in [0.4, 0.5) is 0 Å². The molecule has 2 nitrogen and oxygen atoms in total. The Morgan fingerprint density at radius 1 is 1.56 bits per heavy atom. The molecule has 1 N–H and O–H groups in total. The zero-order valence-corrected chi connectivity index (χ0v) is 9.38. The maximum atomic E-state index is 9.56. The molecule has 0 aliphatic heterocycles. The van der Waals surface area contributed by atoms with Gasteiger partial charge in [0.25, 0.3) is 0 Å². The topological polar surface area (TPSA) is 43.3 Å². The Bertz CT molecular complexity index is 26.9. The summed E-state index contributed by atoms with van der Waals surface area (Å²) in [6.07, 6.45) is 2.90. The molecule has 4 heteroatoms. The fraction of sp³-hybridized carbons (Fsp3) is 0.800. The van der Waals surface area contributed by atoms with Crippen LogP contribution in [0.1, 0.15) is 19.8 Å². The van der Waals surface area contributed by atoms with Crippen LogP contribution in [0.15, 0.2) is 0 Å². The molecule has 0 spiro atoms. The predicted octanol–water partition coefficient (Wildman–Crippen LogP) is -2.66. The van der Waals surface area contributed by atoms with Crippen molar-refractivity contribution in [2.75, 3.05) is 0 Å². The molecule has 0 rings (SSSR count). The Balaban J connectivity index is -0.000000109. The average molecular weight is 154 g/mol. The fourth-order valence-corrected chi connectivity index (χ4v) is 0.287. The first kappa shape index (κ1) is 16.9. The molecule has 0 amide bonds. The minimum Gasteiger partial charge on any atom is -0.885 e. The molecule has 0 bridgehead atoms. The SMILES string of the molecule is CCCC[B][O-].[CH2-]O.[K+]. The van der Waals surface area contributed by atoms with E-state index in [0.717, 1.165) is 26.6 Å². The smallest absolute Gasteiger partial charge is 0.885 e. The van der Waals surface area contributed by atoms with Crippen molar-refractivity contribution in [3.05, 3.63) is 7.11 Å². The summed E-state index contributed by atoms with van der Waals surface area (Å²) in [5.74, 6) is 0. The van der Waals surface area contributed by atoms with Crippen molar-refractivity contribution in [3.63, 3.8) is 0 Å². The minimum absolute atomic E-state index is 0. The number of hydrogen-bond donors (Lipinski definition) is 1. The molecule has 1 radical (unpaired) electrons. The Labute approximate surface area is 101 Å². The first-order valence-corrected chi connectivity index (χ1v) is 2.67. The van der Waals surface area contributed by atoms with Gasteiger partial charge in [-0.3, -0.25) is 0 Å². The molecule has 0 aromatic heterocycles. The summed E-state index contributed by atoms with van der Waals surface area (Å²) in [5.41, 5.74) is 0. The number of aliphatic hydroxyl groups is 1. The first-order valence-electron chi connectivity index (χ1n) is 2.67. The van der Waals surface area contributed by atoms with Gasteiger partial charge in [0.2, 0.25) is 0 Å². The van der Waals surface area contributed by atoms with E-state index in [-0.39, 0.29) is 51.4 Å². The van der Waals surface area contributed by atoms with Crippen molar-refractivity contribution in [1.29, 1.82) is 0 Å². The third kappa shape index (κ3) is 26.2. The van der Waals surface area contributed by atoms with Crippen molar-refractivity contribution in [2.45, 2.75) is 26.1 Å². The van der Waals surface area contributed by atoms with Crippen LogP contribution < -0.4 is 56.4 Å². The molecular weight excluding hydrogens is 142 g/mol. The van der Waals surface area contributed by atoms with E-state index in [1.807, 2.05) is 0 Å². The van der Waals surface area contributed by atoms with Gasteiger partial charge in [0.05, 0.1) is 0 Å². The molecule has 0 atom stereocenters. The van der Waals surface area contributed by atoms with E-state index in [9.17, 15) is 5.02 Å². The van der Waals surface area contributed by atoms with Crippen LogP contribution in [0.5, 0.6) is 0 Å². The second-order valence-electron chi connectivity index (χ2n) is 1.31. The molecule has 0 heterocycles. The summed E-state index contributed by atoms with van der Waals surface area (Å²) in [6, 6.07) is 0. The van der Waals surface area contributed by atoms with E-state index in [2.05, 4.69) is 14.0 Å². The molecule has 0 aromatic carbocycles. The van der Waals surface area contributed by atoms with Crippen LogP contribution >= 0.6 is 0 Å². The average Bonchev–Trinajstić information content (AvgIpc) is 1.88. The zero-order chi connectivity index (χ0) is 6.83. The summed E-state index contributed by atoms with van der Waals surface area (Å²) in [6.45, 7) is 2.07. The molecule has 9 heavy (non-hydrogen) atoms. The van der Waals surface area contributed by atoms with Gasteiger partial charge in [-0.1, -0.05) is 19.8 Å². The standard InChI is InChI=1S/C4H9BO.CH3O.K/c1-2-3-4-5-6;1-2;/h2-4H2,1H3;2H,1H2;/q2*-1;+1. The van der Waals surface area contributed by atoms with Gasteiger partial charge in [-0.2, -0.15) is 0 Å². The van der Waals surface area contributed by atoms with Crippen molar-refractivity contribution in [1.82, 2.24) is 0 Å². The predicted molar refractivity (Wildman–Crippen MR) is 32.8 cm³/mol. The second kappa shape index (κ2) is 22.6. The maximum Gasteiger partial charge on any atom is 1.00 e. The molecule has 0 saturated carbocycles. The number of rotatable bonds is 3. The first-order chi connectivity index (χ1) is 3.91. The van der Waals surface area contributed by atoms with Gasteiger partial charge in [-0.25, -0.2) is 7.11 Å². The molecule has 0 unspecified atom stereocenters. The fourth-order valence-electron chi connectivity index (χ4n) is 0.287. The Morgan fingerprint density at radius 2 is 2.00 bits per heavy atom. The van der Waals surface area contributed by atoms with Gasteiger partial charge in [0.1, 0.15) is 0 Å². The van der Waals surface area contributed by atoms with E-state index in [1.165, 1.54) is 0 Å². The van der Waals surface area contributed by atoms with Gasteiger partial charge in [0, 0.05) is 0 Å². The minimum atomic E-state index is 0. The number of hydrogen-bond acceptors (Lipinski definition) is 2. The van der Waals surface area contributed by atoms with Gasteiger partial charge in [-0.15, -0.1) is 6.32 Å². The third-order valence-corrected chi connectivity index (χ3v) is 0.676. The summed E-state index contributed by atoms with van der Waals surface area (Å²) in [7, 11) is 3.21. The Morgan fingerprint density at radius 3 is 2.11 bits per heavy atom. The largest absolute Gasteiger partial charge is 1.00 e. The summed E-state index contributed by atoms with van der Waals surface area (Å²) < 4.78 is 0. The van der Waals surface area contributed by atoms with Crippen LogP contribution in [0.2, 0.25) is 6.32 Å². The molecule has 0 aliphatic carbocycles. The molecule has 0 aromatic rings. The molecule has 49 valence electrons. The van der Waals surface area contributed by atoms with Gasteiger partial charge < -0.3 is 10.1 Å². The van der Waals surface area contributed by atoms with E-state index >= 15 is 0 Å². The van der Waals surface area contributed by atoms with Gasteiger partial charge in [0.15, 0.2) is 0 Å². The van der Waals surface area contributed by atoms with Gasteiger partial charge in [-0.05, 0) is 7.48 Å². The Hall–Kier alpha value is 1.62. The van der Waals surface area contributed by atoms with Crippen LogP contribution in [0.3, 0.4) is 0 Å². The molecule has 0 aliphatic rings. The monoisotopic (exact) mass is 154 g/mol. The molecule has 0 saturated heterocycles. The van der Waals surface area contributed by atoms with Crippen molar-refractivity contribution in [3.8, 4) is 0 Å². The summed E-state index contributed by atoms with van der Waals surface area (Å²) in [5, 5.41) is 16.3. The van der Waals surface area contributed by atoms with E-state index in [4.69, 9.17) is 5.11 Å². The summed E-state index contributed by atoms with van der Waals surface area (Å²) in [4.78, 5) is 0. The molecule has 0 fully saturated rings. The van der Waals surface area contributed by atoms with Crippen molar-refractivity contribution >= 4 is 7.48 Å². The van der Waals surface area contributed by atoms with Crippen LogP contribution in [-0.2, 0) is 0 Å². The van der Waals surface area contributed by atoms with Crippen LogP contribution in [0, 0.1) is 7.11 Å². The third-order valence-electron chi connectivity index (χ3n) is 0.676. The van der Waals surface area contributed by atoms with Crippen molar-refractivity contribution in [2.24, 2.45) is 0 Å². The van der Waals surface area contributed by atoms with E-state index < -0.39 is 0 Å². The maximum absolute atomic E-state index is 9.56. The second-order valence-corrected chi connectivity index (χ2v) is 1.31. The normalized spacial score (nSPS) is 6.22. The molecular formula is C5H12BKO2-. The van der Waals surface area contributed by atoms with Gasteiger partial charge >= 0.3 is 51.4 Å². The van der Waals surface area contributed by atoms with E-state index in [0.29, 0.717) is 0 Å². The quantitative estimate of drug-likeness (QED) is 0.274. The zero-order valence-electron chi connectivity index (χ0n) is 6.26.